The number of rotatable bonds is 3. The standard InChI is InChI=1S/C13H13ClN2S/c1-9(15)10-5-6-16-13(7-10)17-12-4-2-3-11(14)8-12/h2-9H,15H2,1H3/t9-/m1/s1. The first-order valence-electron chi connectivity index (χ1n) is 5.30. The molecule has 0 aliphatic heterocycles. The van der Waals surface area contributed by atoms with E-state index in [-0.39, 0.29) is 6.04 Å². The van der Waals surface area contributed by atoms with Gasteiger partial charge in [0, 0.05) is 22.2 Å². The van der Waals surface area contributed by atoms with Gasteiger partial charge in [0.05, 0.1) is 0 Å². The molecule has 0 amide bonds. The van der Waals surface area contributed by atoms with Crippen molar-refractivity contribution in [1.29, 1.82) is 0 Å². The largest absolute Gasteiger partial charge is 0.324 e. The zero-order valence-electron chi connectivity index (χ0n) is 9.43. The first kappa shape index (κ1) is 12.4. The molecule has 1 atom stereocenters. The van der Waals surface area contributed by atoms with E-state index >= 15 is 0 Å². The van der Waals surface area contributed by atoms with Crippen molar-refractivity contribution >= 4 is 23.4 Å². The van der Waals surface area contributed by atoms with Crippen LogP contribution < -0.4 is 5.73 Å². The van der Waals surface area contributed by atoms with Crippen LogP contribution in [0.3, 0.4) is 0 Å². The number of pyridine rings is 1. The average Bonchev–Trinajstić information content (AvgIpc) is 2.29. The molecule has 2 aromatic rings. The molecule has 0 aliphatic carbocycles. The number of hydrogen-bond acceptors (Lipinski definition) is 3. The lowest BCUT2D eigenvalue weighted by molar-refractivity contribution is 0.808. The average molecular weight is 265 g/mol. The van der Waals surface area contributed by atoms with Gasteiger partial charge in [-0.25, -0.2) is 4.98 Å². The van der Waals surface area contributed by atoms with Gasteiger partial charge in [-0.1, -0.05) is 29.4 Å². The number of nitrogens with zero attached hydrogens (tertiary/aromatic N) is 1. The summed E-state index contributed by atoms with van der Waals surface area (Å²) in [6, 6.07) is 11.7. The highest BCUT2D eigenvalue weighted by Gasteiger charge is 2.03. The fourth-order valence-electron chi connectivity index (χ4n) is 1.42. The molecule has 0 saturated carbocycles. The quantitative estimate of drug-likeness (QED) is 0.914. The van der Waals surface area contributed by atoms with Crippen LogP contribution in [0.15, 0.2) is 52.5 Å². The van der Waals surface area contributed by atoms with Gasteiger partial charge in [0.1, 0.15) is 5.03 Å². The first-order chi connectivity index (χ1) is 8.15. The summed E-state index contributed by atoms with van der Waals surface area (Å²) in [7, 11) is 0. The lowest BCUT2D eigenvalue weighted by atomic mass is 10.1. The maximum Gasteiger partial charge on any atom is 0.101 e. The summed E-state index contributed by atoms with van der Waals surface area (Å²) in [5.41, 5.74) is 6.93. The molecule has 0 saturated heterocycles. The minimum absolute atomic E-state index is 0.0247. The molecule has 1 aromatic carbocycles. The van der Waals surface area contributed by atoms with Crippen molar-refractivity contribution < 1.29 is 0 Å². The van der Waals surface area contributed by atoms with E-state index in [4.69, 9.17) is 17.3 Å². The fourth-order valence-corrected chi connectivity index (χ4v) is 2.55. The van der Waals surface area contributed by atoms with E-state index in [9.17, 15) is 0 Å². The Bertz CT molecular complexity index is 514. The number of hydrogen-bond donors (Lipinski definition) is 1. The van der Waals surface area contributed by atoms with Crippen LogP contribution in [0.25, 0.3) is 0 Å². The summed E-state index contributed by atoms with van der Waals surface area (Å²) in [4.78, 5) is 5.39. The maximum atomic E-state index is 5.94. The lowest BCUT2D eigenvalue weighted by Gasteiger charge is -2.07. The van der Waals surface area contributed by atoms with Crippen LogP contribution in [-0.4, -0.2) is 4.98 Å². The Labute approximate surface area is 110 Å². The molecule has 0 unspecified atom stereocenters. The van der Waals surface area contributed by atoms with E-state index in [0.29, 0.717) is 0 Å². The zero-order chi connectivity index (χ0) is 12.3. The summed E-state index contributed by atoms with van der Waals surface area (Å²) in [6.07, 6.45) is 1.78. The topological polar surface area (TPSA) is 38.9 Å². The Kier molecular flexibility index (Phi) is 4.05. The molecule has 2 nitrogen and oxygen atoms in total. The van der Waals surface area contributed by atoms with Gasteiger partial charge < -0.3 is 5.73 Å². The highest BCUT2D eigenvalue weighted by molar-refractivity contribution is 7.99. The van der Waals surface area contributed by atoms with Crippen molar-refractivity contribution in [1.82, 2.24) is 4.98 Å². The number of aromatic nitrogens is 1. The molecule has 0 radical (unpaired) electrons. The van der Waals surface area contributed by atoms with E-state index in [1.54, 1.807) is 18.0 Å². The van der Waals surface area contributed by atoms with Crippen molar-refractivity contribution in [2.45, 2.75) is 22.9 Å². The molecule has 17 heavy (non-hydrogen) atoms. The van der Waals surface area contributed by atoms with E-state index in [1.165, 1.54) is 0 Å². The SMILES string of the molecule is C[C@@H](N)c1ccnc(Sc2cccc(Cl)c2)c1. The van der Waals surface area contributed by atoms with Gasteiger partial charge in [-0.15, -0.1) is 0 Å². The monoisotopic (exact) mass is 264 g/mol. The van der Waals surface area contributed by atoms with Crippen molar-refractivity contribution in [2.24, 2.45) is 5.73 Å². The second-order valence-corrected chi connectivity index (χ2v) is 5.31. The molecule has 4 heteroatoms. The highest BCUT2D eigenvalue weighted by Crippen LogP contribution is 2.28. The van der Waals surface area contributed by atoms with Gasteiger partial charge in [-0.2, -0.15) is 0 Å². The molecule has 88 valence electrons. The van der Waals surface area contributed by atoms with E-state index in [2.05, 4.69) is 4.98 Å². The Morgan fingerprint density at radius 3 is 2.82 bits per heavy atom. The second-order valence-electron chi connectivity index (χ2n) is 3.78. The number of halogens is 1. The third kappa shape index (κ3) is 3.46. The number of nitrogens with two attached hydrogens (primary N) is 1. The second kappa shape index (κ2) is 5.54. The van der Waals surface area contributed by atoms with Gasteiger partial charge in [-0.3, -0.25) is 0 Å². The van der Waals surface area contributed by atoms with Gasteiger partial charge in [-0.05, 0) is 42.8 Å². The molecule has 1 heterocycles. The van der Waals surface area contributed by atoms with E-state index in [0.717, 1.165) is 20.5 Å². The summed E-state index contributed by atoms with van der Waals surface area (Å²) in [5.74, 6) is 0. The molecule has 1 aromatic heterocycles. The van der Waals surface area contributed by atoms with Gasteiger partial charge in [0.2, 0.25) is 0 Å². The lowest BCUT2D eigenvalue weighted by Crippen LogP contribution is -2.04. The Morgan fingerprint density at radius 2 is 2.12 bits per heavy atom. The third-order valence-corrected chi connectivity index (χ3v) is 3.46. The summed E-state index contributed by atoms with van der Waals surface area (Å²) < 4.78 is 0. The van der Waals surface area contributed by atoms with Crippen LogP contribution in [0, 0.1) is 0 Å². The first-order valence-corrected chi connectivity index (χ1v) is 6.49. The number of benzene rings is 1. The van der Waals surface area contributed by atoms with Gasteiger partial charge in [0.15, 0.2) is 0 Å². The highest BCUT2D eigenvalue weighted by atomic mass is 35.5. The Balaban J connectivity index is 2.21. The van der Waals surface area contributed by atoms with Crippen LogP contribution in [0.4, 0.5) is 0 Å². The Hall–Kier alpha value is -1.03. The molecule has 0 bridgehead atoms. The van der Waals surface area contributed by atoms with Crippen molar-refractivity contribution in [3.05, 3.63) is 53.2 Å². The third-order valence-electron chi connectivity index (χ3n) is 2.30. The zero-order valence-corrected chi connectivity index (χ0v) is 11.0. The molecular formula is C13H13ClN2S. The smallest absolute Gasteiger partial charge is 0.101 e. The van der Waals surface area contributed by atoms with Gasteiger partial charge in [0.25, 0.3) is 0 Å². The molecule has 2 rings (SSSR count). The minimum Gasteiger partial charge on any atom is -0.324 e. The molecule has 2 N–H and O–H groups in total. The Morgan fingerprint density at radius 1 is 1.29 bits per heavy atom. The van der Waals surface area contributed by atoms with Crippen LogP contribution >= 0.6 is 23.4 Å². The normalized spacial score (nSPS) is 12.4. The van der Waals surface area contributed by atoms with Crippen LogP contribution in [0.2, 0.25) is 5.02 Å². The van der Waals surface area contributed by atoms with Gasteiger partial charge >= 0.3 is 0 Å². The summed E-state index contributed by atoms with van der Waals surface area (Å²) in [5, 5.41) is 1.67. The summed E-state index contributed by atoms with van der Waals surface area (Å²) >= 11 is 7.52. The predicted molar refractivity (Wildman–Crippen MR) is 72.4 cm³/mol. The van der Waals surface area contributed by atoms with Crippen molar-refractivity contribution in [3.63, 3.8) is 0 Å². The van der Waals surface area contributed by atoms with Crippen LogP contribution in [0.1, 0.15) is 18.5 Å². The van der Waals surface area contributed by atoms with E-state index in [1.807, 2.05) is 43.3 Å². The predicted octanol–water partition coefficient (Wildman–Crippen LogP) is 3.91. The maximum absolute atomic E-state index is 5.94. The molecule has 0 fully saturated rings. The van der Waals surface area contributed by atoms with E-state index < -0.39 is 0 Å². The van der Waals surface area contributed by atoms with Crippen LogP contribution in [0.5, 0.6) is 0 Å². The molecule has 0 aliphatic rings. The molecule has 0 spiro atoms. The molecular weight excluding hydrogens is 252 g/mol. The fraction of sp³-hybridized carbons (Fsp3) is 0.154. The van der Waals surface area contributed by atoms with Crippen molar-refractivity contribution in [2.75, 3.05) is 0 Å². The summed E-state index contributed by atoms with van der Waals surface area (Å²) in [6.45, 7) is 1.96. The van der Waals surface area contributed by atoms with Crippen molar-refractivity contribution in [3.8, 4) is 0 Å². The minimum atomic E-state index is 0.0247. The van der Waals surface area contributed by atoms with Crippen LogP contribution in [-0.2, 0) is 0 Å².